The summed E-state index contributed by atoms with van der Waals surface area (Å²) in [5.74, 6) is 0.444. The molecule has 0 saturated heterocycles. The average Bonchev–Trinajstić information content (AvgIpc) is 2.95. The van der Waals surface area contributed by atoms with Gasteiger partial charge in [-0.1, -0.05) is 37.3 Å². The Morgan fingerprint density at radius 2 is 2.16 bits per heavy atom. The molecule has 6 nitrogen and oxygen atoms in total. The van der Waals surface area contributed by atoms with Crippen molar-refractivity contribution in [1.82, 2.24) is 15.4 Å². The zero-order valence-electron chi connectivity index (χ0n) is 11.4. The Labute approximate surface area is 115 Å². The first-order valence-electron chi connectivity index (χ1n) is 6.12. The van der Waals surface area contributed by atoms with Crippen LogP contribution >= 0.6 is 11.3 Å². The topological polar surface area (TPSA) is 80.9 Å². The summed E-state index contributed by atoms with van der Waals surface area (Å²) < 4.78 is 5.20. The molecule has 1 N–H and O–H groups in total. The van der Waals surface area contributed by atoms with Gasteiger partial charge in [-0.05, 0) is 13.3 Å². The third-order valence-electron chi connectivity index (χ3n) is 2.63. The van der Waals surface area contributed by atoms with E-state index in [4.69, 9.17) is 4.52 Å². The molecule has 1 amide bonds. The number of carbonyl (C=O) groups is 1. The number of rotatable bonds is 4. The maximum atomic E-state index is 12.2. The van der Waals surface area contributed by atoms with Crippen molar-refractivity contribution in [2.75, 3.05) is 5.32 Å². The van der Waals surface area contributed by atoms with E-state index in [0.29, 0.717) is 22.1 Å². The minimum atomic E-state index is -0.249. The number of amides is 1. The molecular formula is C12H16N4O2S. The third-order valence-corrected chi connectivity index (χ3v) is 3.61. The van der Waals surface area contributed by atoms with Gasteiger partial charge in [-0.15, -0.1) is 10.2 Å². The van der Waals surface area contributed by atoms with Gasteiger partial charge >= 0.3 is 0 Å². The van der Waals surface area contributed by atoms with Gasteiger partial charge in [-0.3, -0.25) is 10.1 Å². The van der Waals surface area contributed by atoms with Crippen molar-refractivity contribution in [3.05, 3.63) is 22.0 Å². The van der Waals surface area contributed by atoms with Crippen molar-refractivity contribution in [3.63, 3.8) is 0 Å². The Bertz CT molecular complexity index is 588. The second-order valence-electron chi connectivity index (χ2n) is 4.47. The van der Waals surface area contributed by atoms with Crippen LogP contribution in [0.15, 0.2) is 4.52 Å². The molecule has 0 aliphatic heterocycles. The van der Waals surface area contributed by atoms with Crippen LogP contribution in [-0.2, 0) is 6.42 Å². The van der Waals surface area contributed by atoms with Gasteiger partial charge in [0.05, 0.1) is 5.69 Å². The summed E-state index contributed by atoms with van der Waals surface area (Å²) in [5, 5.41) is 15.9. The van der Waals surface area contributed by atoms with E-state index in [1.54, 1.807) is 6.92 Å². The molecule has 0 atom stereocenters. The van der Waals surface area contributed by atoms with Crippen LogP contribution in [0.2, 0.25) is 0 Å². The summed E-state index contributed by atoms with van der Waals surface area (Å²) in [6.07, 6.45) is 0.803. The van der Waals surface area contributed by atoms with Crippen LogP contribution in [0.5, 0.6) is 0 Å². The summed E-state index contributed by atoms with van der Waals surface area (Å²) in [6.45, 7) is 7.66. The summed E-state index contributed by atoms with van der Waals surface area (Å²) >= 11 is 1.37. The van der Waals surface area contributed by atoms with Crippen molar-refractivity contribution in [1.29, 1.82) is 0 Å². The van der Waals surface area contributed by atoms with Gasteiger partial charge < -0.3 is 4.52 Å². The number of nitrogens with one attached hydrogen (secondary N) is 1. The highest BCUT2D eigenvalue weighted by atomic mass is 32.1. The smallest absolute Gasteiger partial charge is 0.263 e. The second-order valence-corrected chi connectivity index (χ2v) is 5.53. The van der Waals surface area contributed by atoms with Gasteiger partial charge in [0.2, 0.25) is 5.13 Å². The van der Waals surface area contributed by atoms with Crippen LogP contribution < -0.4 is 5.32 Å². The van der Waals surface area contributed by atoms with E-state index in [-0.39, 0.29) is 11.8 Å². The van der Waals surface area contributed by atoms with Crippen molar-refractivity contribution in [2.24, 2.45) is 0 Å². The van der Waals surface area contributed by atoms with Crippen molar-refractivity contribution < 1.29 is 9.32 Å². The molecule has 0 unspecified atom stereocenters. The predicted molar refractivity (Wildman–Crippen MR) is 72.6 cm³/mol. The molecule has 102 valence electrons. The Morgan fingerprint density at radius 3 is 2.74 bits per heavy atom. The summed E-state index contributed by atoms with van der Waals surface area (Å²) in [4.78, 5) is 12.2. The molecule has 0 bridgehead atoms. The average molecular weight is 280 g/mol. The van der Waals surface area contributed by atoms with Gasteiger partial charge in [-0.2, -0.15) is 0 Å². The van der Waals surface area contributed by atoms with E-state index in [2.05, 4.69) is 20.7 Å². The van der Waals surface area contributed by atoms with Gasteiger partial charge in [0.1, 0.15) is 10.6 Å². The van der Waals surface area contributed by atoms with Crippen LogP contribution in [0.1, 0.15) is 53.5 Å². The molecule has 0 spiro atoms. The summed E-state index contributed by atoms with van der Waals surface area (Å²) in [6, 6.07) is 0. The molecule has 2 aromatic heterocycles. The highest BCUT2D eigenvalue weighted by molar-refractivity contribution is 7.15. The number of hydrogen-bond donors (Lipinski definition) is 1. The van der Waals surface area contributed by atoms with Gasteiger partial charge in [0.15, 0.2) is 5.76 Å². The van der Waals surface area contributed by atoms with Gasteiger partial charge in [-0.25, -0.2) is 0 Å². The first-order chi connectivity index (χ1) is 9.02. The molecule has 0 aliphatic carbocycles. The molecule has 2 heterocycles. The van der Waals surface area contributed by atoms with Crippen molar-refractivity contribution >= 4 is 22.4 Å². The van der Waals surface area contributed by atoms with Gasteiger partial charge in [0.25, 0.3) is 5.91 Å². The van der Waals surface area contributed by atoms with E-state index >= 15 is 0 Å². The quantitative estimate of drug-likeness (QED) is 0.931. The van der Waals surface area contributed by atoms with E-state index in [1.807, 2.05) is 20.8 Å². The van der Waals surface area contributed by atoms with E-state index < -0.39 is 0 Å². The number of aryl methyl sites for hydroxylation is 2. The third kappa shape index (κ3) is 2.81. The van der Waals surface area contributed by atoms with Crippen LogP contribution in [0.25, 0.3) is 0 Å². The molecule has 0 radical (unpaired) electrons. The number of aromatic nitrogens is 3. The summed E-state index contributed by atoms with van der Waals surface area (Å²) in [5.41, 5.74) is 1.07. The number of nitrogens with zero attached hydrogens (tertiary/aromatic N) is 3. The van der Waals surface area contributed by atoms with Crippen molar-refractivity contribution in [3.8, 4) is 0 Å². The van der Waals surface area contributed by atoms with Crippen LogP contribution in [0.4, 0.5) is 5.13 Å². The Kier molecular flexibility index (Phi) is 3.94. The molecule has 2 aromatic rings. The maximum absolute atomic E-state index is 12.2. The number of hydrogen-bond acceptors (Lipinski definition) is 6. The Balaban J connectivity index is 2.22. The van der Waals surface area contributed by atoms with Crippen LogP contribution in [0, 0.1) is 6.92 Å². The van der Waals surface area contributed by atoms with E-state index in [0.717, 1.165) is 11.4 Å². The molecule has 0 saturated carbocycles. The lowest BCUT2D eigenvalue weighted by Gasteiger charge is -2.04. The first kappa shape index (κ1) is 13.7. The fourth-order valence-electron chi connectivity index (χ4n) is 1.66. The maximum Gasteiger partial charge on any atom is 0.263 e. The highest BCUT2D eigenvalue weighted by Crippen LogP contribution is 2.24. The van der Waals surface area contributed by atoms with Gasteiger partial charge in [0, 0.05) is 5.92 Å². The first-order valence-corrected chi connectivity index (χ1v) is 6.94. The SMILES string of the molecule is CCc1nnc(NC(=O)c2c(C)noc2C(C)C)s1. The van der Waals surface area contributed by atoms with Crippen molar-refractivity contribution in [2.45, 2.75) is 40.0 Å². The minimum absolute atomic E-state index is 0.0996. The summed E-state index contributed by atoms with van der Waals surface area (Å²) in [7, 11) is 0. The monoisotopic (exact) mass is 280 g/mol. The standard InChI is InChI=1S/C12H16N4O2S/c1-5-8-14-15-12(19-8)13-11(17)9-7(4)16-18-10(9)6(2)3/h6H,5H2,1-4H3,(H,13,15,17). The lowest BCUT2D eigenvalue weighted by atomic mass is 10.0. The highest BCUT2D eigenvalue weighted by Gasteiger charge is 2.23. The fraction of sp³-hybridized carbons (Fsp3) is 0.500. The molecule has 0 aromatic carbocycles. The minimum Gasteiger partial charge on any atom is -0.360 e. The molecular weight excluding hydrogens is 264 g/mol. The predicted octanol–water partition coefficient (Wildman–Crippen LogP) is 2.77. The fourth-order valence-corrected chi connectivity index (χ4v) is 2.34. The number of carbonyl (C=O) groups excluding carboxylic acids is 1. The molecule has 2 rings (SSSR count). The Hall–Kier alpha value is -1.76. The second kappa shape index (κ2) is 5.48. The number of anilines is 1. The van der Waals surface area contributed by atoms with E-state index in [9.17, 15) is 4.79 Å². The molecule has 0 aliphatic rings. The lowest BCUT2D eigenvalue weighted by molar-refractivity contribution is 0.102. The van der Waals surface area contributed by atoms with E-state index in [1.165, 1.54) is 11.3 Å². The molecule has 7 heteroatoms. The zero-order chi connectivity index (χ0) is 14.0. The lowest BCUT2D eigenvalue weighted by Crippen LogP contribution is -2.14. The van der Waals surface area contributed by atoms with Crippen LogP contribution in [0.3, 0.4) is 0 Å². The van der Waals surface area contributed by atoms with Crippen LogP contribution in [-0.4, -0.2) is 21.3 Å². The Morgan fingerprint density at radius 1 is 1.42 bits per heavy atom. The zero-order valence-corrected chi connectivity index (χ0v) is 12.2. The normalized spacial score (nSPS) is 11.0. The largest absolute Gasteiger partial charge is 0.360 e. The molecule has 0 fully saturated rings. The molecule has 19 heavy (non-hydrogen) atoms.